The van der Waals surface area contributed by atoms with Crippen molar-refractivity contribution in [3.63, 3.8) is 0 Å². The van der Waals surface area contributed by atoms with Crippen molar-refractivity contribution in [3.8, 4) is 5.75 Å². The van der Waals surface area contributed by atoms with Gasteiger partial charge in [-0.25, -0.2) is 8.42 Å². The van der Waals surface area contributed by atoms with Crippen LogP contribution in [0.15, 0.2) is 45.8 Å². The number of hydrogen-bond acceptors (Lipinski definition) is 8. The number of halogens is 1. The summed E-state index contributed by atoms with van der Waals surface area (Å²) in [6.07, 6.45) is 0. The summed E-state index contributed by atoms with van der Waals surface area (Å²) < 4.78 is 38.7. The van der Waals surface area contributed by atoms with Gasteiger partial charge < -0.3 is 9.26 Å². The third-order valence-corrected chi connectivity index (χ3v) is 6.50. The van der Waals surface area contributed by atoms with Crippen molar-refractivity contribution in [2.45, 2.75) is 25.3 Å². The van der Waals surface area contributed by atoms with Crippen LogP contribution in [0.3, 0.4) is 0 Å². The van der Waals surface area contributed by atoms with E-state index in [4.69, 9.17) is 20.9 Å². The molecule has 166 valence electrons. The van der Waals surface area contributed by atoms with E-state index in [1.165, 1.54) is 48.2 Å². The molecule has 0 saturated heterocycles. The Morgan fingerprint density at radius 3 is 2.59 bits per heavy atom. The monoisotopic (exact) mass is 476 g/mol. The van der Waals surface area contributed by atoms with Crippen LogP contribution in [0.1, 0.15) is 29.0 Å². The van der Waals surface area contributed by atoms with E-state index in [0.29, 0.717) is 17.1 Å². The smallest absolute Gasteiger partial charge is 0.265 e. The van der Waals surface area contributed by atoms with Crippen molar-refractivity contribution in [1.82, 2.24) is 10.1 Å². The second kappa shape index (κ2) is 8.24. The molecule has 10 nitrogen and oxygen atoms in total. The van der Waals surface area contributed by atoms with E-state index < -0.39 is 10.0 Å². The number of nitrogens with zero attached hydrogens (tertiary/aromatic N) is 3. The van der Waals surface area contributed by atoms with Gasteiger partial charge in [0.2, 0.25) is 5.89 Å². The number of benzene rings is 2. The quantitative estimate of drug-likeness (QED) is 0.537. The molecule has 0 aliphatic carbocycles. The second-order valence-corrected chi connectivity index (χ2v) is 9.05. The Balaban J connectivity index is 1.65. The molecular weight excluding hydrogens is 460 g/mol. The number of anilines is 2. The van der Waals surface area contributed by atoms with Crippen LogP contribution in [0, 0.1) is 6.92 Å². The van der Waals surface area contributed by atoms with Gasteiger partial charge in [-0.3, -0.25) is 19.2 Å². The molecule has 0 saturated carbocycles. The normalized spacial score (nSPS) is 13.5. The molecule has 1 aliphatic rings. The van der Waals surface area contributed by atoms with E-state index in [2.05, 4.69) is 14.9 Å². The standard InChI is InChI=1S/C20H17ClN4O6S/c1-11(26)13-3-5-14(6-4-13)24-32(28,29)18-8-17-16(7-15(18)21)25(20(27)10-30-17)9-19-22-12(2)31-23-19/h3-8,24H,9-10H2,1-2H3. The molecule has 4 rings (SSSR count). The van der Waals surface area contributed by atoms with Crippen molar-refractivity contribution in [1.29, 1.82) is 0 Å². The van der Waals surface area contributed by atoms with E-state index in [-0.39, 0.29) is 52.0 Å². The summed E-state index contributed by atoms with van der Waals surface area (Å²) in [5.74, 6) is 0.302. The van der Waals surface area contributed by atoms with Gasteiger partial charge in [-0.05, 0) is 37.3 Å². The van der Waals surface area contributed by atoms with Crippen molar-refractivity contribution in [2.24, 2.45) is 0 Å². The van der Waals surface area contributed by atoms with Crippen LogP contribution in [-0.4, -0.2) is 36.9 Å². The van der Waals surface area contributed by atoms with Gasteiger partial charge >= 0.3 is 0 Å². The lowest BCUT2D eigenvalue weighted by atomic mass is 10.1. The van der Waals surface area contributed by atoms with Crippen LogP contribution in [0.25, 0.3) is 0 Å². The number of nitrogens with one attached hydrogen (secondary N) is 1. The van der Waals surface area contributed by atoms with Crippen LogP contribution in [0.5, 0.6) is 5.75 Å². The lowest BCUT2D eigenvalue weighted by Crippen LogP contribution is -2.38. The Kier molecular flexibility index (Phi) is 5.61. The number of ketones is 1. The summed E-state index contributed by atoms with van der Waals surface area (Å²) in [6.45, 7) is 2.76. The van der Waals surface area contributed by atoms with E-state index in [1.807, 2.05) is 0 Å². The van der Waals surface area contributed by atoms with Gasteiger partial charge in [0.15, 0.2) is 18.2 Å². The molecule has 0 fully saturated rings. The first-order chi connectivity index (χ1) is 15.1. The minimum atomic E-state index is -4.09. The maximum Gasteiger partial charge on any atom is 0.265 e. The Labute approximate surface area is 188 Å². The van der Waals surface area contributed by atoms with Crippen LogP contribution < -0.4 is 14.4 Å². The molecule has 12 heteroatoms. The first-order valence-electron chi connectivity index (χ1n) is 9.34. The first-order valence-corrected chi connectivity index (χ1v) is 11.2. The largest absolute Gasteiger partial charge is 0.482 e. The highest BCUT2D eigenvalue weighted by Crippen LogP contribution is 2.39. The number of aromatic nitrogens is 2. The molecule has 2 aromatic carbocycles. The third-order valence-electron chi connectivity index (χ3n) is 4.66. The second-order valence-electron chi connectivity index (χ2n) is 6.99. The molecule has 1 aliphatic heterocycles. The average Bonchev–Trinajstić information content (AvgIpc) is 3.14. The highest BCUT2D eigenvalue weighted by atomic mass is 35.5. The fraction of sp³-hybridized carbons (Fsp3) is 0.200. The number of aryl methyl sites for hydroxylation is 1. The zero-order valence-corrected chi connectivity index (χ0v) is 18.5. The van der Waals surface area contributed by atoms with E-state index in [1.54, 1.807) is 6.92 Å². The number of hydrogen-bond donors (Lipinski definition) is 1. The van der Waals surface area contributed by atoms with Gasteiger partial charge in [0.05, 0.1) is 17.3 Å². The number of Topliss-reactive ketones (excluding diaryl/α,β-unsaturated/α-hetero) is 1. The Bertz CT molecular complexity index is 1320. The zero-order valence-electron chi connectivity index (χ0n) is 17.0. The van der Waals surface area contributed by atoms with Gasteiger partial charge in [0, 0.05) is 24.2 Å². The number of rotatable bonds is 6. The van der Waals surface area contributed by atoms with E-state index in [0.717, 1.165) is 0 Å². The molecule has 0 bridgehead atoms. The summed E-state index contributed by atoms with van der Waals surface area (Å²) in [4.78, 5) is 29.0. The first kappa shape index (κ1) is 21.8. The summed E-state index contributed by atoms with van der Waals surface area (Å²) in [5.41, 5.74) is 1.00. The SMILES string of the molecule is CC(=O)c1ccc(NS(=O)(=O)c2cc3c(cc2Cl)N(Cc2noc(C)n2)C(=O)CO3)cc1. The van der Waals surface area contributed by atoms with Crippen LogP contribution in [0.4, 0.5) is 11.4 Å². The predicted octanol–water partition coefficient (Wildman–Crippen LogP) is 2.96. The summed E-state index contributed by atoms with van der Waals surface area (Å²) in [5, 5.41) is 3.67. The fourth-order valence-electron chi connectivity index (χ4n) is 3.11. The number of ether oxygens (including phenoxy) is 1. The van der Waals surface area contributed by atoms with E-state index >= 15 is 0 Å². The van der Waals surface area contributed by atoms with Gasteiger partial charge in [-0.15, -0.1) is 0 Å². The number of carbonyl (C=O) groups is 2. The lowest BCUT2D eigenvalue weighted by Gasteiger charge is -2.29. The average molecular weight is 477 g/mol. The molecular formula is C20H17ClN4O6S. The Morgan fingerprint density at radius 1 is 1.25 bits per heavy atom. The number of carbonyl (C=O) groups excluding carboxylic acids is 2. The lowest BCUT2D eigenvalue weighted by molar-refractivity contribution is -0.121. The van der Waals surface area contributed by atoms with Gasteiger partial charge in [0.25, 0.3) is 15.9 Å². The maximum absolute atomic E-state index is 12.9. The van der Waals surface area contributed by atoms with Crippen molar-refractivity contribution >= 4 is 44.7 Å². The molecule has 0 spiro atoms. The number of sulfonamides is 1. The highest BCUT2D eigenvalue weighted by Gasteiger charge is 2.30. The van der Waals surface area contributed by atoms with Gasteiger partial charge in [-0.1, -0.05) is 16.8 Å². The summed E-state index contributed by atoms with van der Waals surface area (Å²) in [7, 11) is -4.09. The predicted molar refractivity (Wildman–Crippen MR) is 114 cm³/mol. The van der Waals surface area contributed by atoms with Gasteiger partial charge in [-0.2, -0.15) is 4.98 Å². The van der Waals surface area contributed by atoms with Crippen molar-refractivity contribution in [2.75, 3.05) is 16.2 Å². The highest BCUT2D eigenvalue weighted by molar-refractivity contribution is 7.92. The van der Waals surface area contributed by atoms with Gasteiger partial charge in [0.1, 0.15) is 10.6 Å². The minimum absolute atomic E-state index is 0.00963. The molecule has 2 heterocycles. The molecule has 1 N–H and O–H groups in total. The third kappa shape index (κ3) is 4.30. The van der Waals surface area contributed by atoms with Crippen LogP contribution >= 0.6 is 11.6 Å². The van der Waals surface area contributed by atoms with Crippen molar-refractivity contribution in [3.05, 3.63) is 58.7 Å². The minimum Gasteiger partial charge on any atom is -0.482 e. The van der Waals surface area contributed by atoms with E-state index in [9.17, 15) is 18.0 Å². The molecule has 1 amide bonds. The number of amides is 1. The number of fused-ring (bicyclic) bond motifs is 1. The molecule has 3 aromatic rings. The zero-order chi connectivity index (χ0) is 23.0. The Hall–Kier alpha value is -3.44. The van der Waals surface area contributed by atoms with Crippen molar-refractivity contribution < 1.29 is 27.3 Å². The molecule has 0 unspecified atom stereocenters. The topological polar surface area (TPSA) is 132 Å². The Morgan fingerprint density at radius 2 is 1.97 bits per heavy atom. The molecule has 0 atom stereocenters. The maximum atomic E-state index is 12.9. The molecule has 32 heavy (non-hydrogen) atoms. The fourth-order valence-corrected chi connectivity index (χ4v) is 4.71. The van der Waals surface area contributed by atoms with Crippen LogP contribution in [-0.2, 0) is 21.4 Å². The summed E-state index contributed by atoms with van der Waals surface area (Å²) >= 11 is 6.29. The van der Waals surface area contributed by atoms with Crippen LogP contribution in [0.2, 0.25) is 5.02 Å². The molecule has 0 radical (unpaired) electrons. The molecule has 1 aromatic heterocycles. The summed E-state index contributed by atoms with van der Waals surface area (Å²) in [6, 6.07) is 8.58.